The van der Waals surface area contributed by atoms with E-state index in [1.165, 1.54) is 11.1 Å². The van der Waals surface area contributed by atoms with Gasteiger partial charge in [-0.3, -0.25) is 4.98 Å². The molecule has 2 N–H and O–H groups in total. The summed E-state index contributed by atoms with van der Waals surface area (Å²) in [5, 5.41) is 18.6. The van der Waals surface area contributed by atoms with Crippen molar-refractivity contribution in [2.24, 2.45) is 0 Å². The zero-order chi connectivity index (χ0) is 34.8. The van der Waals surface area contributed by atoms with Crippen molar-refractivity contribution in [2.45, 2.75) is 0 Å². The Morgan fingerprint density at radius 3 is 1.16 bits per heavy atom. The van der Waals surface area contributed by atoms with Crippen LogP contribution in [0.5, 0.6) is 0 Å². The molecular weight excluding hydrogens is 623 g/mol. The molecule has 244 valence electrons. The zero-order valence-electron chi connectivity index (χ0n) is 27.9. The Kier molecular flexibility index (Phi) is 10.3. The normalized spacial score (nSPS) is 10.5. The van der Waals surface area contributed by atoms with Gasteiger partial charge in [-0.2, -0.15) is 0 Å². The highest BCUT2D eigenvalue weighted by Gasteiger charge is 2.12. The number of pyridine rings is 2. The second-order valence-corrected chi connectivity index (χ2v) is 12.1. The van der Waals surface area contributed by atoms with E-state index in [0.29, 0.717) is 5.46 Å². The number of hydrogen-bond acceptors (Lipinski definition) is 4. The van der Waals surface area contributed by atoms with E-state index in [1.807, 2.05) is 85.1 Å². The van der Waals surface area contributed by atoms with Gasteiger partial charge in [-0.25, -0.2) is 4.98 Å². The molecule has 0 saturated heterocycles. The summed E-state index contributed by atoms with van der Waals surface area (Å²) in [6.45, 7) is 0. The lowest BCUT2D eigenvalue weighted by atomic mass is 9.80. The fourth-order valence-corrected chi connectivity index (χ4v) is 5.92. The molecule has 0 aliphatic carbocycles. The first-order chi connectivity index (χ1) is 25.1. The van der Waals surface area contributed by atoms with Crippen LogP contribution in [0.2, 0.25) is 0 Å². The topological polar surface area (TPSA) is 66.2 Å². The third-order valence-electron chi connectivity index (χ3n) is 8.66. The van der Waals surface area contributed by atoms with E-state index in [9.17, 15) is 10.0 Å². The van der Waals surface area contributed by atoms with Crippen LogP contribution in [-0.4, -0.2) is 27.1 Å². The predicted molar refractivity (Wildman–Crippen MR) is 211 cm³/mol. The molecule has 2 aromatic heterocycles. The lowest BCUT2D eigenvalue weighted by Gasteiger charge is -2.11. The lowest BCUT2D eigenvalue weighted by molar-refractivity contribution is 0.426. The molecule has 4 nitrogen and oxygen atoms in total. The second-order valence-electron chi connectivity index (χ2n) is 12.1. The number of benzene rings is 6. The molecule has 8 rings (SSSR count). The molecule has 0 bridgehead atoms. The van der Waals surface area contributed by atoms with Gasteiger partial charge in [-0.15, -0.1) is 0 Å². The van der Waals surface area contributed by atoms with E-state index < -0.39 is 7.12 Å². The summed E-state index contributed by atoms with van der Waals surface area (Å²) in [6, 6.07) is 65.2. The van der Waals surface area contributed by atoms with Crippen molar-refractivity contribution in [3.63, 3.8) is 0 Å². The Morgan fingerprint density at radius 2 is 0.667 bits per heavy atom. The molecule has 0 radical (unpaired) electrons. The zero-order valence-corrected chi connectivity index (χ0v) is 27.9. The van der Waals surface area contributed by atoms with Gasteiger partial charge in [0.1, 0.15) is 0 Å². The van der Waals surface area contributed by atoms with Gasteiger partial charge in [-0.05, 0) is 63.1 Å². The van der Waals surface area contributed by atoms with Gasteiger partial charge < -0.3 is 10.0 Å². The lowest BCUT2D eigenvalue weighted by Crippen LogP contribution is -2.29. The van der Waals surface area contributed by atoms with Crippen LogP contribution in [0, 0.1) is 0 Å². The van der Waals surface area contributed by atoms with Gasteiger partial charge in [0.2, 0.25) is 0 Å². The van der Waals surface area contributed by atoms with Crippen LogP contribution < -0.4 is 5.46 Å². The van der Waals surface area contributed by atoms with Gasteiger partial charge >= 0.3 is 7.12 Å². The van der Waals surface area contributed by atoms with E-state index in [4.69, 9.17) is 4.98 Å². The first-order valence-electron chi connectivity index (χ1n) is 16.9. The molecule has 6 aromatic carbocycles. The van der Waals surface area contributed by atoms with Crippen LogP contribution in [0.15, 0.2) is 200 Å². The molecule has 0 spiro atoms. The maximum atomic E-state index is 9.31. The van der Waals surface area contributed by atoms with E-state index in [2.05, 4.69) is 108 Å². The van der Waals surface area contributed by atoms with Crippen molar-refractivity contribution in [1.82, 2.24) is 9.97 Å². The highest BCUT2D eigenvalue weighted by molar-refractivity contribution is 6.58. The standard InChI is InChI=1S/C29H22BNO2.C17H13N/c32-30(33)27-17-15-23(16-18-27)22-11-13-25(14-12-22)29-20-26(21-7-3-1-4-8-21)19-28(31-29)24-9-5-2-6-10-24;1-3-7-14(8-4-1)16-11-12-18-17(13-16)15-9-5-2-6-10-15/h1-20,32-33H;1-13H. The predicted octanol–water partition coefficient (Wildman–Crippen LogP) is 9.84. The first kappa shape index (κ1) is 33.1. The maximum absolute atomic E-state index is 9.31. The third-order valence-corrected chi connectivity index (χ3v) is 8.66. The Morgan fingerprint density at radius 1 is 0.314 bits per heavy atom. The SMILES string of the molecule is OB(O)c1ccc(-c2ccc(-c3cc(-c4ccccc4)cc(-c4ccccc4)n3)cc2)cc1.c1ccc(-c2ccnc(-c3ccccc3)c2)cc1. The molecule has 8 aromatic rings. The number of hydrogen-bond donors (Lipinski definition) is 2. The summed E-state index contributed by atoms with van der Waals surface area (Å²) in [4.78, 5) is 9.41. The van der Waals surface area contributed by atoms with Crippen LogP contribution in [-0.2, 0) is 0 Å². The van der Waals surface area contributed by atoms with Crippen LogP contribution in [0.3, 0.4) is 0 Å². The molecule has 0 saturated carbocycles. The molecule has 5 heteroatoms. The van der Waals surface area contributed by atoms with E-state index in [-0.39, 0.29) is 0 Å². The number of rotatable bonds is 7. The molecule has 0 aliphatic heterocycles. The van der Waals surface area contributed by atoms with Crippen LogP contribution in [0.4, 0.5) is 0 Å². The Labute approximate surface area is 299 Å². The fraction of sp³-hybridized carbons (Fsp3) is 0. The van der Waals surface area contributed by atoms with Crippen molar-refractivity contribution in [3.8, 4) is 67.2 Å². The summed E-state index contributed by atoms with van der Waals surface area (Å²) in [6.07, 6.45) is 1.87. The molecule has 0 fully saturated rings. The summed E-state index contributed by atoms with van der Waals surface area (Å²) in [7, 11) is -1.46. The fourth-order valence-electron chi connectivity index (χ4n) is 5.92. The van der Waals surface area contributed by atoms with Gasteiger partial charge in [0.25, 0.3) is 0 Å². The van der Waals surface area contributed by atoms with Crippen molar-refractivity contribution < 1.29 is 10.0 Å². The Balaban J connectivity index is 0.000000190. The van der Waals surface area contributed by atoms with Crippen molar-refractivity contribution in [2.75, 3.05) is 0 Å². The van der Waals surface area contributed by atoms with Crippen molar-refractivity contribution in [1.29, 1.82) is 0 Å². The average molecular weight is 659 g/mol. The minimum Gasteiger partial charge on any atom is -0.423 e. The third kappa shape index (κ3) is 8.26. The molecule has 0 aliphatic rings. The van der Waals surface area contributed by atoms with Crippen molar-refractivity contribution >= 4 is 12.6 Å². The molecule has 2 heterocycles. The van der Waals surface area contributed by atoms with Crippen molar-refractivity contribution in [3.05, 3.63) is 200 Å². The minimum atomic E-state index is -1.46. The minimum absolute atomic E-state index is 0.478. The van der Waals surface area contributed by atoms with Gasteiger partial charge in [0.15, 0.2) is 0 Å². The summed E-state index contributed by atoms with van der Waals surface area (Å²) >= 11 is 0. The molecule has 51 heavy (non-hydrogen) atoms. The first-order valence-corrected chi connectivity index (χ1v) is 16.9. The largest absolute Gasteiger partial charge is 0.488 e. The molecule has 0 atom stereocenters. The Hall–Kier alpha value is -6.40. The quantitative estimate of drug-likeness (QED) is 0.167. The van der Waals surface area contributed by atoms with Crippen LogP contribution >= 0.6 is 0 Å². The van der Waals surface area contributed by atoms with E-state index >= 15 is 0 Å². The van der Waals surface area contributed by atoms with Crippen LogP contribution in [0.25, 0.3) is 67.2 Å². The molecular formula is C46H35BN2O2. The summed E-state index contributed by atoms with van der Waals surface area (Å²) in [5.74, 6) is 0. The average Bonchev–Trinajstić information content (AvgIpc) is 3.22. The monoisotopic (exact) mass is 658 g/mol. The van der Waals surface area contributed by atoms with Crippen LogP contribution in [0.1, 0.15) is 0 Å². The van der Waals surface area contributed by atoms with Gasteiger partial charge in [0, 0.05) is 22.9 Å². The van der Waals surface area contributed by atoms with E-state index in [0.717, 1.165) is 56.0 Å². The Bertz CT molecular complexity index is 2190. The van der Waals surface area contributed by atoms with Gasteiger partial charge in [0.05, 0.1) is 17.1 Å². The maximum Gasteiger partial charge on any atom is 0.488 e. The highest BCUT2D eigenvalue weighted by Crippen LogP contribution is 2.31. The smallest absolute Gasteiger partial charge is 0.423 e. The summed E-state index contributed by atoms with van der Waals surface area (Å²) in [5.41, 5.74) is 13.4. The van der Waals surface area contributed by atoms with E-state index in [1.54, 1.807) is 12.1 Å². The number of aromatic nitrogens is 2. The van der Waals surface area contributed by atoms with Gasteiger partial charge in [-0.1, -0.05) is 170 Å². The molecule has 0 unspecified atom stereocenters. The highest BCUT2D eigenvalue weighted by atomic mass is 16.4. The number of nitrogens with zero attached hydrogens (tertiary/aromatic N) is 2. The summed E-state index contributed by atoms with van der Waals surface area (Å²) < 4.78 is 0. The molecule has 0 amide bonds. The second kappa shape index (κ2) is 15.9.